The molecule has 0 saturated carbocycles. The molecule has 2 aromatic carbocycles. The number of hydrogen-bond donors (Lipinski definition) is 1. The van der Waals surface area contributed by atoms with Crippen LogP contribution in [0.15, 0.2) is 53.5 Å². The summed E-state index contributed by atoms with van der Waals surface area (Å²) < 4.78 is 39.9. The lowest BCUT2D eigenvalue weighted by Gasteiger charge is -2.14. The monoisotopic (exact) mass is 346 g/mol. The molecule has 3 aromatic rings. The minimum Gasteiger partial charge on any atom is -0.310 e. The summed E-state index contributed by atoms with van der Waals surface area (Å²) in [6, 6.07) is 10.5. The van der Waals surface area contributed by atoms with Gasteiger partial charge in [-0.15, -0.1) is 0 Å². The highest BCUT2D eigenvalue weighted by atomic mass is 19.4. The summed E-state index contributed by atoms with van der Waals surface area (Å²) in [5.41, 5.74) is 2.72. The molecule has 0 aliphatic carbocycles. The molecule has 3 nitrogen and oxygen atoms in total. The summed E-state index contributed by atoms with van der Waals surface area (Å²) in [7, 11) is 0. The summed E-state index contributed by atoms with van der Waals surface area (Å²) in [6.07, 6.45) is -1.96. The van der Waals surface area contributed by atoms with E-state index in [-0.39, 0.29) is 5.69 Å². The van der Waals surface area contributed by atoms with Gasteiger partial charge in [0, 0.05) is 17.5 Å². The van der Waals surface area contributed by atoms with Crippen molar-refractivity contribution < 1.29 is 13.2 Å². The van der Waals surface area contributed by atoms with Crippen molar-refractivity contribution in [3.63, 3.8) is 0 Å². The molecule has 0 atom stereocenters. The van der Waals surface area contributed by atoms with E-state index >= 15 is 0 Å². The van der Waals surface area contributed by atoms with Crippen LogP contribution in [0.1, 0.15) is 23.7 Å². The van der Waals surface area contributed by atoms with Crippen LogP contribution in [0.3, 0.4) is 0 Å². The SMILES string of the molecule is CCc1cn(-c2cccc(C)c2-c2ccc(C(F)(F)F)cc2)c(=O)[nH]1. The van der Waals surface area contributed by atoms with Crippen molar-refractivity contribution in [3.05, 3.63) is 76.0 Å². The lowest BCUT2D eigenvalue weighted by molar-refractivity contribution is -0.137. The molecule has 130 valence electrons. The third-order valence-corrected chi connectivity index (χ3v) is 4.16. The van der Waals surface area contributed by atoms with Crippen molar-refractivity contribution in [2.45, 2.75) is 26.4 Å². The lowest BCUT2D eigenvalue weighted by atomic mass is 9.97. The smallest absolute Gasteiger partial charge is 0.310 e. The molecule has 0 fully saturated rings. The van der Waals surface area contributed by atoms with E-state index in [1.165, 1.54) is 16.7 Å². The standard InChI is InChI=1S/C19H17F3N2O/c1-3-15-11-24(18(25)23-15)16-6-4-5-12(2)17(16)13-7-9-14(10-8-13)19(20,21)22/h4-11H,3H2,1-2H3,(H,23,25). The molecule has 0 amide bonds. The average Bonchev–Trinajstić information content (AvgIpc) is 2.95. The van der Waals surface area contributed by atoms with Crippen LogP contribution in [-0.2, 0) is 12.6 Å². The molecule has 0 unspecified atom stereocenters. The number of hydrogen-bond acceptors (Lipinski definition) is 1. The van der Waals surface area contributed by atoms with E-state index in [0.29, 0.717) is 17.7 Å². The van der Waals surface area contributed by atoms with Crippen molar-refractivity contribution in [1.82, 2.24) is 9.55 Å². The topological polar surface area (TPSA) is 37.8 Å². The maximum Gasteiger partial charge on any atom is 0.416 e. The van der Waals surface area contributed by atoms with E-state index in [0.717, 1.165) is 29.0 Å². The molecule has 0 aliphatic rings. The summed E-state index contributed by atoms with van der Waals surface area (Å²) in [5, 5.41) is 0. The van der Waals surface area contributed by atoms with Gasteiger partial charge in [-0.2, -0.15) is 13.2 Å². The number of aryl methyl sites for hydroxylation is 2. The fourth-order valence-electron chi connectivity index (χ4n) is 2.86. The second-order valence-electron chi connectivity index (χ2n) is 5.85. The molecular weight excluding hydrogens is 329 g/mol. The maximum atomic E-state index is 12.8. The van der Waals surface area contributed by atoms with Crippen LogP contribution in [0.25, 0.3) is 16.8 Å². The summed E-state index contributed by atoms with van der Waals surface area (Å²) in [4.78, 5) is 15.0. The van der Waals surface area contributed by atoms with Gasteiger partial charge in [0.25, 0.3) is 0 Å². The Kier molecular flexibility index (Phi) is 4.29. The zero-order valence-corrected chi connectivity index (χ0v) is 13.8. The molecule has 25 heavy (non-hydrogen) atoms. The third-order valence-electron chi connectivity index (χ3n) is 4.16. The number of halogens is 3. The zero-order valence-electron chi connectivity index (χ0n) is 13.8. The number of aromatic amines is 1. The fraction of sp³-hybridized carbons (Fsp3) is 0.211. The Morgan fingerprint density at radius 3 is 2.32 bits per heavy atom. The Labute approximate surface area is 142 Å². The first kappa shape index (κ1) is 17.1. The van der Waals surface area contributed by atoms with E-state index in [9.17, 15) is 18.0 Å². The first-order valence-electron chi connectivity index (χ1n) is 7.89. The highest BCUT2D eigenvalue weighted by Crippen LogP contribution is 2.34. The fourth-order valence-corrected chi connectivity index (χ4v) is 2.86. The average molecular weight is 346 g/mol. The van der Waals surface area contributed by atoms with Crippen molar-refractivity contribution in [2.24, 2.45) is 0 Å². The number of nitrogens with zero attached hydrogens (tertiary/aromatic N) is 1. The second-order valence-corrected chi connectivity index (χ2v) is 5.85. The summed E-state index contributed by atoms with van der Waals surface area (Å²) in [6.45, 7) is 3.80. The predicted octanol–water partition coefficient (Wildman–Crippen LogP) is 4.72. The van der Waals surface area contributed by atoms with Crippen molar-refractivity contribution in [1.29, 1.82) is 0 Å². The molecule has 0 spiro atoms. The number of imidazole rings is 1. The van der Waals surface area contributed by atoms with Gasteiger partial charge in [-0.1, -0.05) is 31.2 Å². The number of aromatic nitrogens is 2. The number of alkyl halides is 3. The van der Waals surface area contributed by atoms with Crippen LogP contribution >= 0.6 is 0 Å². The maximum absolute atomic E-state index is 12.8. The van der Waals surface area contributed by atoms with E-state index in [2.05, 4.69) is 4.98 Å². The second kappa shape index (κ2) is 6.27. The Hall–Kier alpha value is -2.76. The Morgan fingerprint density at radius 1 is 1.08 bits per heavy atom. The van der Waals surface area contributed by atoms with Gasteiger partial charge in [0.2, 0.25) is 0 Å². The molecular formula is C19H17F3N2O. The van der Waals surface area contributed by atoms with Gasteiger partial charge in [0.15, 0.2) is 0 Å². The number of H-pyrrole nitrogens is 1. The quantitative estimate of drug-likeness (QED) is 0.732. The largest absolute Gasteiger partial charge is 0.416 e. The molecule has 1 N–H and O–H groups in total. The van der Waals surface area contributed by atoms with Crippen LogP contribution < -0.4 is 5.69 Å². The van der Waals surface area contributed by atoms with E-state index in [1.807, 2.05) is 26.0 Å². The normalized spacial score (nSPS) is 11.7. The predicted molar refractivity (Wildman–Crippen MR) is 90.9 cm³/mol. The van der Waals surface area contributed by atoms with Crippen LogP contribution in [0.2, 0.25) is 0 Å². The van der Waals surface area contributed by atoms with Gasteiger partial charge < -0.3 is 4.98 Å². The van der Waals surface area contributed by atoms with Gasteiger partial charge >= 0.3 is 11.9 Å². The number of rotatable bonds is 3. The molecule has 1 heterocycles. The number of nitrogens with one attached hydrogen (secondary N) is 1. The highest BCUT2D eigenvalue weighted by Gasteiger charge is 2.30. The van der Waals surface area contributed by atoms with Crippen LogP contribution in [0.5, 0.6) is 0 Å². The van der Waals surface area contributed by atoms with Gasteiger partial charge in [0.05, 0.1) is 11.3 Å². The van der Waals surface area contributed by atoms with Crippen molar-refractivity contribution >= 4 is 0 Å². The van der Waals surface area contributed by atoms with Gasteiger partial charge in [0.1, 0.15) is 0 Å². The highest BCUT2D eigenvalue weighted by molar-refractivity contribution is 5.76. The van der Waals surface area contributed by atoms with E-state index in [1.54, 1.807) is 12.3 Å². The van der Waals surface area contributed by atoms with E-state index in [4.69, 9.17) is 0 Å². The zero-order chi connectivity index (χ0) is 18.2. The van der Waals surface area contributed by atoms with Crippen molar-refractivity contribution in [2.75, 3.05) is 0 Å². The van der Waals surface area contributed by atoms with Crippen molar-refractivity contribution in [3.8, 4) is 16.8 Å². The molecule has 0 bridgehead atoms. The molecule has 0 radical (unpaired) electrons. The van der Waals surface area contributed by atoms with E-state index < -0.39 is 11.7 Å². The summed E-state index contributed by atoms with van der Waals surface area (Å²) >= 11 is 0. The van der Waals surface area contributed by atoms with Gasteiger partial charge in [-0.25, -0.2) is 4.79 Å². The third kappa shape index (κ3) is 3.24. The van der Waals surface area contributed by atoms with Crippen LogP contribution in [0, 0.1) is 6.92 Å². The molecule has 0 saturated heterocycles. The first-order valence-corrected chi connectivity index (χ1v) is 7.89. The molecule has 6 heteroatoms. The molecule has 0 aliphatic heterocycles. The molecule has 3 rings (SSSR count). The Balaban J connectivity index is 2.17. The Bertz CT molecular complexity index is 950. The Morgan fingerprint density at radius 2 is 1.76 bits per heavy atom. The molecule has 1 aromatic heterocycles. The lowest BCUT2D eigenvalue weighted by Crippen LogP contribution is -2.15. The van der Waals surface area contributed by atoms with Crippen LogP contribution in [-0.4, -0.2) is 9.55 Å². The summed E-state index contributed by atoms with van der Waals surface area (Å²) in [5.74, 6) is 0. The van der Waals surface area contributed by atoms with Gasteiger partial charge in [-0.3, -0.25) is 4.57 Å². The first-order chi connectivity index (χ1) is 11.8. The van der Waals surface area contributed by atoms with Crippen LogP contribution in [0.4, 0.5) is 13.2 Å². The minimum absolute atomic E-state index is 0.268. The van der Waals surface area contributed by atoms with Gasteiger partial charge in [-0.05, 0) is 42.7 Å². The number of benzene rings is 2. The minimum atomic E-state index is -4.37.